The van der Waals surface area contributed by atoms with Crippen LogP contribution in [0, 0.1) is 4.77 Å². The molecule has 0 aliphatic heterocycles. The summed E-state index contributed by atoms with van der Waals surface area (Å²) in [7, 11) is 0. The Balaban J connectivity index is 1.51. The zero-order chi connectivity index (χ0) is 21.7. The van der Waals surface area contributed by atoms with Crippen molar-refractivity contribution in [2.24, 2.45) is 0 Å². The molecule has 0 aliphatic carbocycles. The van der Waals surface area contributed by atoms with Gasteiger partial charge in [-0.25, -0.2) is 0 Å². The molecule has 0 saturated heterocycles. The van der Waals surface area contributed by atoms with E-state index in [2.05, 4.69) is 48.4 Å². The summed E-state index contributed by atoms with van der Waals surface area (Å²) in [6.07, 6.45) is 0. The summed E-state index contributed by atoms with van der Waals surface area (Å²) in [6, 6.07) is 15.2. The Bertz CT molecular complexity index is 1050. The van der Waals surface area contributed by atoms with E-state index >= 15 is 0 Å². The molecule has 0 fully saturated rings. The summed E-state index contributed by atoms with van der Waals surface area (Å²) < 4.78 is 7.75. The molecule has 30 heavy (non-hydrogen) atoms. The molecule has 1 heterocycles. The predicted molar refractivity (Wildman–Crippen MR) is 122 cm³/mol. The van der Waals surface area contributed by atoms with Crippen LogP contribution in [0.4, 0.5) is 0 Å². The van der Waals surface area contributed by atoms with Gasteiger partial charge in [0, 0.05) is 10.6 Å². The van der Waals surface area contributed by atoms with Crippen LogP contribution in [-0.4, -0.2) is 33.8 Å². The van der Waals surface area contributed by atoms with Gasteiger partial charge in [-0.2, -0.15) is 5.10 Å². The van der Waals surface area contributed by atoms with E-state index in [4.69, 9.17) is 28.6 Å². The second-order valence-electron chi connectivity index (χ2n) is 7.92. The highest BCUT2D eigenvalue weighted by atomic mass is 35.5. The minimum atomic E-state index is -0.172. The monoisotopic (exact) mass is 444 g/mol. The number of hydrogen-bond acceptors (Lipinski definition) is 4. The second-order valence-corrected chi connectivity index (χ2v) is 8.74. The molecule has 3 aromatic rings. The van der Waals surface area contributed by atoms with Crippen LogP contribution >= 0.6 is 23.8 Å². The van der Waals surface area contributed by atoms with Crippen molar-refractivity contribution in [3.8, 4) is 17.1 Å². The highest BCUT2D eigenvalue weighted by Crippen LogP contribution is 2.24. The molecule has 6 nitrogen and oxygen atoms in total. The van der Waals surface area contributed by atoms with Crippen LogP contribution in [0.5, 0.6) is 5.75 Å². The van der Waals surface area contributed by atoms with Gasteiger partial charge in [0.05, 0.1) is 6.54 Å². The van der Waals surface area contributed by atoms with Gasteiger partial charge in [-0.3, -0.25) is 14.5 Å². The zero-order valence-corrected chi connectivity index (χ0v) is 18.8. The first-order valence-electron chi connectivity index (χ1n) is 9.65. The number of aromatic nitrogens is 3. The maximum atomic E-state index is 12.4. The molecule has 2 N–H and O–H groups in total. The Morgan fingerprint density at radius 1 is 1.17 bits per heavy atom. The van der Waals surface area contributed by atoms with Gasteiger partial charge >= 0.3 is 0 Å². The lowest BCUT2D eigenvalue weighted by molar-refractivity contribution is -0.121. The van der Waals surface area contributed by atoms with E-state index in [9.17, 15) is 4.79 Å². The van der Waals surface area contributed by atoms with Gasteiger partial charge in [0.15, 0.2) is 10.6 Å². The number of carbonyl (C=O) groups excluding carboxylic acids is 1. The quantitative estimate of drug-likeness (QED) is 0.407. The third-order valence-electron chi connectivity index (χ3n) is 4.58. The Kier molecular flexibility index (Phi) is 6.95. The maximum Gasteiger partial charge on any atom is 0.240 e. The fraction of sp³-hybridized carbons (Fsp3) is 0.318. The Hall–Kier alpha value is -2.64. The first kappa shape index (κ1) is 22.1. The summed E-state index contributed by atoms with van der Waals surface area (Å²) in [5.74, 6) is 1.19. The van der Waals surface area contributed by atoms with Crippen molar-refractivity contribution in [2.45, 2.75) is 32.7 Å². The molecular formula is C22H25ClN4O2S. The van der Waals surface area contributed by atoms with Gasteiger partial charge < -0.3 is 10.1 Å². The largest absolute Gasteiger partial charge is 0.492 e. The number of nitrogens with zero attached hydrogens (tertiary/aromatic N) is 2. The molecule has 0 atom stereocenters. The molecule has 0 radical (unpaired) electrons. The summed E-state index contributed by atoms with van der Waals surface area (Å²) in [4.78, 5) is 12.4. The van der Waals surface area contributed by atoms with E-state index in [0.29, 0.717) is 28.8 Å². The first-order valence-corrected chi connectivity index (χ1v) is 10.4. The van der Waals surface area contributed by atoms with Crippen molar-refractivity contribution in [3.05, 3.63) is 63.9 Å². The highest BCUT2D eigenvalue weighted by Gasteiger charge is 2.14. The fourth-order valence-corrected chi connectivity index (χ4v) is 3.22. The van der Waals surface area contributed by atoms with Crippen LogP contribution in [0.3, 0.4) is 0 Å². The smallest absolute Gasteiger partial charge is 0.240 e. The van der Waals surface area contributed by atoms with Crippen molar-refractivity contribution >= 4 is 29.7 Å². The fourth-order valence-electron chi connectivity index (χ4n) is 2.89. The number of nitrogens with one attached hydrogen (secondary N) is 2. The van der Waals surface area contributed by atoms with Crippen LogP contribution in [0.25, 0.3) is 11.4 Å². The zero-order valence-electron chi connectivity index (χ0n) is 17.2. The Morgan fingerprint density at radius 3 is 2.47 bits per heavy atom. The van der Waals surface area contributed by atoms with Gasteiger partial charge in [0.25, 0.3) is 0 Å². The molecule has 0 spiro atoms. The van der Waals surface area contributed by atoms with Crippen molar-refractivity contribution in [3.63, 3.8) is 0 Å². The maximum absolute atomic E-state index is 12.4. The number of carbonyl (C=O) groups is 1. The van der Waals surface area contributed by atoms with Crippen molar-refractivity contribution in [1.29, 1.82) is 0 Å². The van der Waals surface area contributed by atoms with E-state index in [0.717, 1.165) is 11.3 Å². The van der Waals surface area contributed by atoms with Gasteiger partial charge in [-0.05, 0) is 59.6 Å². The topological polar surface area (TPSA) is 71.9 Å². The molecule has 0 aliphatic rings. The number of hydrogen-bond donors (Lipinski definition) is 2. The minimum absolute atomic E-state index is 0.0631. The molecule has 0 bridgehead atoms. The molecule has 158 valence electrons. The van der Waals surface area contributed by atoms with Crippen LogP contribution < -0.4 is 10.1 Å². The minimum Gasteiger partial charge on any atom is -0.492 e. The predicted octanol–water partition coefficient (Wildman–Crippen LogP) is 4.75. The number of ether oxygens (including phenoxy) is 1. The average Bonchev–Trinajstić information content (AvgIpc) is 3.06. The number of amides is 1. The average molecular weight is 445 g/mol. The molecular weight excluding hydrogens is 420 g/mol. The van der Waals surface area contributed by atoms with E-state index in [1.807, 2.05) is 24.3 Å². The number of benzene rings is 2. The summed E-state index contributed by atoms with van der Waals surface area (Å²) in [5, 5.41) is 10.4. The lowest BCUT2D eigenvalue weighted by Gasteiger charge is -2.19. The highest BCUT2D eigenvalue weighted by molar-refractivity contribution is 7.71. The Labute approximate surface area is 186 Å². The van der Waals surface area contributed by atoms with Crippen LogP contribution in [0.2, 0.25) is 5.02 Å². The SMILES string of the molecule is CC(C)(C)c1ccc(OCCNC(=O)Cn2c(-c3ccc(Cl)cc3)n[nH]c2=S)cc1. The molecule has 3 rings (SSSR count). The number of halogens is 1. The van der Waals surface area contributed by atoms with Gasteiger partial charge in [-0.15, -0.1) is 0 Å². The normalized spacial score (nSPS) is 11.3. The lowest BCUT2D eigenvalue weighted by Crippen LogP contribution is -2.31. The van der Waals surface area contributed by atoms with E-state index < -0.39 is 0 Å². The molecule has 0 unspecified atom stereocenters. The van der Waals surface area contributed by atoms with Gasteiger partial charge in [0.2, 0.25) is 5.91 Å². The molecule has 1 amide bonds. The van der Waals surface area contributed by atoms with Crippen LogP contribution in [0.1, 0.15) is 26.3 Å². The van der Waals surface area contributed by atoms with Crippen LogP contribution in [0.15, 0.2) is 48.5 Å². The first-order chi connectivity index (χ1) is 14.2. The molecule has 0 saturated carbocycles. The van der Waals surface area contributed by atoms with E-state index in [1.54, 1.807) is 16.7 Å². The van der Waals surface area contributed by atoms with E-state index in [-0.39, 0.29) is 17.9 Å². The number of H-pyrrole nitrogens is 1. The summed E-state index contributed by atoms with van der Waals surface area (Å²) in [5.41, 5.74) is 2.17. The molecule has 2 aromatic carbocycles. The van der Waals surface area contributed by atoms with Gasteiger partial charge in [-0.1, -0.05) is 44.5 Å². The molecule has 8 heteroatoms. The molecule has 1 aromatic heterocycles. The third-order valence-corrected chi connectivity index (χ3v) is 5.14. The van der Waals surface area contributed by atoms with Crippen molar-refractivity contribution < 1.29 is 9.53 Å². The number of aromatic amines is 1. The van der Waals surface area contributed by atoms with Gasteiger partial charge in [0.1, 0.15) is 18.9 Å². The Morgan fingerprint density at radius 2 is 1.83 bits per heavy atom. The van der Waals surface area contributed by atoms with E-state index in [1.165, 1.54) is 5.56 Å². The summed E-state index contributed by atoms with van der Waals surface area (Å²) >= 11 is 11.2. The standard InChI is InChI=1S/C22H25ClN4O2S/c1-22(2,3)16-6-10-18(11-7-16)29-13-12-24-19(28)14-27-20(25-26-21(27)30)15-4-8-17(23)9-5-15/h4-11H,12-14H2,1-3H3,(H,24,28)(H,26,30). The second kappa shape index (κ2) is 9.45. The summed E-state index contributed by atoms with van der Waals surface area (Å²) in [6.45, 7) is 7.34. The van der Waals surface area contributed by atoms with Crippen LogP contribution in [-0.2, 0) is 16.8 Å². The lowest BCUT2D eigenvalue weighted by atomic mass is 9.87. The van der Waals surface area contributed by atoms with Crippen molar-refractivity contribution in [1.82, 2.24) is 20.1 Å². The number of rotatable bonds is 7. The van der Waals surface area contributed by atoms with Crippen molar-refractivity contribution in [2.75, 3.05) is 13.2 Å². The third kappa shape index (κ3) is 5.70.